The van der Waals surface area contributed by atoms with Crippen molar-refractivity contribution < 1.29 is 24.2 Å². The van der Waals surface area contributed by atoms with Crippen molar-refractivity contribution in [3.8, 4) is 0 Å². The molecule has 0 aliphatic heterocycles. The summed E-state index contributed by atoms with van der Waals surface area (Å²) >= 11 is 1.45. The van der Waals surface area contributed by atoms with Crippen molar-refractivity contribution in [2.45, 2.75) is 65.7 Å². The van der Waals surface area contributed by atoms with Crippen LogP contribution >= 0.6 is 11.3 Å². The minimum Gasteiger partial charge on any atom is -0.481 e. The quantitative estimate of drug-likeness (QED) is 0.698. The first-order chi connectivity index (χ1) is 13.6. The van der Waals surface area contributed by atoms with Crippen LogP contribution in [0.3, 0.4) is 0 Å². The summed E-state index contributed by atoms with van der Waals surface area (Å²) in [5, 5.41) is 12.9. The topological polar surface area (TPSA) is 92.7 Å². The molecule has 1 aromatic rings. The molecule has 0 spiro atoms. The lowest BCUT2D eigenvalue weighted by atomic mass is 9.72. The molecule has 0 bridgehead atoms. The Bertz CT molecular complexity index is 807. The van der Waals surface area contributed by atoms with Crippen molar-refractivity contribution in [2.24, 2.45) is 23.2 Å². The molecule has 1 aromatic heterocycles. The average Bonchev–Trinajstić information content (AvgIpc) is 3.03. The molecule has 1 saturated carbocycles. The summed E-state index contributed by atoms with van der Waals surface area (Å²) < 4.78 is 5.00. The van der Waals surface area contributed by atoms with Crippen LogP contribution in [0, 0.1) is 23.2 Å². The Labute approximate surface area is 176 Å². The van der Waals surface area contributed by atoms with Gasteiger partial charge in [0, 0.05) is 4.88 Å². The number of ether oxygens (including phenoxy) is 1. The molecule has 0 radical (unpaired) electrons. The zero-order chi connectivity index (χ0) is 21.3. The number of hydrogen-bond acceptors (Lipinski definition) is 5. The molecule has 3 atom stereocenters. The minimum atomic E-state index is -0.920. The minimum absolute atomic E-state index is 0.174. The smallest absolute Gasteiger partial charge is 0.341 e. The zero-order valence-electron chi connectivity index (χ0n) is 17.7. The average molecular weight is 422 g/mol. The van der Waals surface area contributed by atoms with E-state index in [2.05, 4.69) is 26.1 Å². The van der Waals surface area contributed by atoms with Gasteiger partial charge in [0.15, 0.2) is 0 Å². The van der Waals surface area contributed by atoms with E-state index in [9.17, 15) is 19.5 Å². The van der Waals surface area contributed by atoms with E-state index >= 15 is 0 Å². The van der Waals surface area contributed by atoms with Gasteiger partial charge in [-0.15, -0.1) is 11.3 Å². The highest BCUT2D eigenvalue weighted by molar-refractivity contribution is 7.17. The van der Waals surface area contributed by atoms with Crippen LogP contribution in [0.5, 0.6) is 0 Å². The summed E-state index contributed by atoms with van der Waals surface area (Å²) in [6.07, 6.45) is 5.42. The fraction of sp³-hybridized carbons (Fsp3) is 0.682. The van der Waals surface area contributed by atoms with Crippen LogP contribution in [0.1, 0.15) is 73.7 Å². The van der Waals surface area contributed by atoms with Crippen LogP contribution in [-0.2, 0) is 27.2 Å². The van der Waals surface area contributed by atoms with Crippen LogP contribution in [0.4, 0.5) is 5.00 Å². The second-order valence-electron chi connectivity index (χ2n) is 9.33. The van der Waals surface area contributed by atoms with Crippen LogP contribution in [0.15, 0.2) is 0 Å². The number of fused-ring (bicyclic) bond motifs is 1. The number of nitrogens with one attached hydrogen (secondary N) is 1. The van der Waals surface area contributed by atoms with Gasteiger partial charge in [0.25, 0.3) is 0 Å². The van der Waals surface area contributed by atoms with Crippen molar-refractivity contribution in [3.63, 3.8) is 0 Å². The highest BCUT2D eigenvalue weighted by atomic mass is 32.1. The Hall–Kier alpha value is -1.89. The molecule has 1 heterocycles. The summed E-state index contributed by atoms with van der Waals surface area (Å²) in [4.78, 5) is 38.2. The lowest BCUT2D eigenvalue weighted by Gasteiger charge is -2.33. The van der Waals surface area contributed by atoms with Crippen molar-refractivity contribution in [1.29, 1.82) is 0 Å². The van der Waals surface area contributed by atoms with Gasteiger partial charge in [0.05, 0.1) is 24.5 Å². The molecular weight excluding hydrogens is 390 g/mol. The molecular formula is C22H31NO5S. The first kappa shape index (κ1) is 21.8. The number of anilines is 1. The molecule has 3 rings (SSSR count). The van der Waals surface area contributed by atoms with Crippen LogP contribution in [0.25, 0.3) is 0 Å². The van der Waals surface area contributed by atoms with Gasteiger partial charge in [-0.2, -0.15) is 0 Å². The maximum atomic E-state index is 13.0. The number of rotatable bonds is 4. The Kier molecular flexibility index (Phi) is 6.36. The van der Waals surface area contributed by atoms with Gasteiger partial charge in [-0.25, -0.2) is 4.79 Å². The Balaban J connectivity index is 1.89. The second kappa shape index (κ2) is 8.46. The number of esters is 1. The first-order valence-electron chi connectivity index (χ1n) is 10.4. The highest BCUT2D eigenvalue weighted by Crippen LogP contribution is 2.45. The number of carboxylic acids is 1. The molecule has 0 saturated heterocycles. The summed E-state index contributed by atoms with van der Waals surface area (Å²) in [6, 6.07) is 0. The molecule has 160 valence electrons. The lowest BCUT2D eigenvalue weighted by Crippen LogP contribution is -2.36. The van der Waals surface area contributed by atoms with Crippen molar-refractivity contribution in [3.05, 3.63) is 16.0 Å². The van der Waals surface area contributed by atoms with E-state index in [0.29, 0.717) is 29.3 Å². The van der Waals surface area contributed by atoms with E-state index in [1.165, 1.54) is 18.4 Å². The molecule has 1 amide bonds. The van der Waals surface area contributed by atoms with Gasteiger partial charge in [-0.1, -0.05) is 33.6 Å². The normalized spacial score (nSPS) is 24.5. The van der Waals surface area contributed by atoms with Crippen molar-refractivity contribution in [2.75, 3.05) is 12.4 Å². The summed E-state index contributed by atoms with van der Waals surface area (Å²) in [5.41, 5.74) is 1.61. The molecule has 0 aromatic carbocycles. The number of amides is 1. The van der Waals surface area contributed by atoms with E-state index in [-0.39, 0.29) is 11.3 Å². The monoisotopic (exact) mass is 421 g/mol. The van der Waals surface area contributed by atoms with E-state index in [1.54, 1.807) is 0 Å². The molecule has 29 heavy (non-hydrogen) atoms. The SMILES string of the molecule is COC(=O)c1c(NC(=O)[C@@H]2CCCC[C@H]2C(=O)O)sc2c1CC[C@H](C(C)(C)C)C2. The fourth-order valence-electron chi connectivity index (χ4n) is 4.68. The predicted molar refractivity (Wildman–Crippen MR) is 112 cm³/mol. The molecule has 7 heteroatoms. The molecule has 6 nitrogen and oxygen atoms in total. The van der Waals surface area contributed by atoms with Gasteiger partial charge in [-0.05, 0) is 49.0 Å². The number of carbonyl (C=O) groups is 3. The Morgan fingerprint density at radius 1 is 1.10 bits per heavy atom. The van der Waals surface area contributed by atoms with Crippen LogP contribution < -0.4 is 5.32 Å². The van der Waals surface area contributed by atoms with Crippen molar-refractivity contribution in [1.82, 2.24) is 0 Å². The van der Waals surface area contributed by atoms with Gasteiger partial charge in [0.2, 0.25) is 5.91 Å². The summed E-state index contributed by atoms with van der Waals surface area (Å²) in [5.74, 6) is -2.37. The standard InChI is InChI=1S/C22H31NO5S/c1-22(2,3)12-9-10-15-16(11-12)29-19(17(15)21(27)28-4)23-18(24)13-7-5-6-8-14(13)20(25)26/h12-14H,5-11H2,1-4H3,(H,23,24)(H,25,26)/t12-,13+,14+/m0/s1. The van der Waals surface area contributed by atoms with Crippen molar-refractivity contribution >= 4 is 34.2 Å². The highest BCUT2D eigenvalue weighted by Gasteiger charge is 2.38. The zero-order valence-corrected chi connectivity index (χ0v) is 18.5. The second-order valence-corrected chi connectivity index (χ2v) is 10.4. The summed E-state index contributed by atoms with van der Waals surface area (Å²) in [7, 11) is 1.35. The van der Waals surface area contributed by atoms with E-state index < -0.39 is 23.8 Å². The molecule has 2 aliphatic carbocycles. The number of carbonyl (C=O) groups excluding carboxylic acids is 2. The third kappa shape index (κ3) is 4.49. The number of aliphatic carboxylic acids is 1. The number of hydrogen-bond donors (Lipinski definition) is 2. The third-order valence-electron chi connectivity index (χ3n) is 6.54. The Morgan fingerprint density at radius 3 is 2.34 bits per heavy atom. The largest absolute Gasteiger partial charge is 0.481 e. The fourth-order valence-corrected chi connectivity index (χ4v) is 5.99. The predicted octanol–water partition coefficient (Wildman–Crippen LogP) is 4.52. The van der Waals surface area contributed by atoms with Gasteiger partial charge < -0.3 is 15.2 Å². The first-order valence-corrected chi connectivity index (χ1v) is 11.2. The molecule has 1 fully saturated rings. The molecule has 0 unspecified atom stereocenters. The molecule has 2 aliphatic rings. The lowest BCUT2D eigenvalue weighted by molar-refractivity contribution is -0.147. The maximum absolute atomic E-state index is 13.0. The van der Waals surface area contributed by atoms with Gasteiger partial charge in [-0.3, -0.25) is 9.59 Å². The van der Waals surface area contributed by atoms with E-state index in [0.717, 1.165) is 42.5 Å². The third-order valence-corrected chi connectivity index (χ3v) is 7.71. The van der Waals surface area contributed by atoms with Gasteiger partial charge in [0.1, 0.15) is 5.00 Å². The number of thiophene rings is 1. The van der Waals surface area contributed by atoms with E-state index in [4.69, 9.17) is 4.74 Å². The summed E-state index contributed by atoms with van der Waals surface area (Å²) in [6.45, 7) is 6.69. The van der Waals surface area contributed by atoms with Crippen LogP contribution in [0.2, 0.25) is 0 Å². The van der Waals surface area contributed by atoms with Gasteiger partial charge >= 0.3 is 11.9 Å². The van der Waals surface area contributed by atoms with E-state index in [1.807, 2.05) is 0 Å². The maximum Gasteiger partial charge on any atom is 0.341 e. The molecule has 2 N–H and O–H groups in total. The Morgan fingerprint density at radius 2 is 1.76 bits per heavy atom. The number of methoxy groups -OCH3 is 1. The van der Waals surface area contributed by atoms with Crippen LogP contribution in [-0.4, -0.2) is 30.1 Å². The number of carboxylic acid groups (broad SMARTS) is 1.